The molecule has 2 heterocycles. The van der Waals surface area contributed by atoms with E-state index in [1.807, 2.05) is 0 Å². The minimum atomic E-state index is -0.279. The van der Waals surface area contributed by atoms with Crippen molar-refractivity contribution in [2.75, 3.05) is 5.32 Å². The molecule has 0 unspecified atom stereocenters. The van der Waals surface area contributed by atoms with Crippen LogP contribution in [-0.2, 0) is 0 Å². The van der Waals surface area contributed by atoms with Crippen LogP contribution in [0.25, 0.3) is 0 Å². The lowest BCUT2D eigenvalue weighted by Gasteiger charge is -2.08. The average Bonchev–Trinajstić information content (AvgIpc) is 2.62. The summed E-state index contributed by atoms with van der Waals surface area (Å²) in [6.07, 6.45) is 0. The lowest BCUT2D eigenvalue weighted by atomic mass is 10.1. The minimum Gasteiger partial charge on any atom is -0.360 e. The summed E-state index contributed by atoms with van der Waals surface area (Å²) in [5.74, 6) is 1.40. The standard InChI is InChI=1S/C12H14N4O2/c1-6-5-10(16-18-6)15-12(17)11-7(2)13-9(4)14-8(11)3/h5H,1-4H3,(H,15,16,17). The van der Waals surface area contributed by atoms with E-state index in [2.05, 4.69) is 20.4 Å². The van der Waals surface area contributed by atoms with Crippen LogP contribution in [0.4, 0.5) is 5.82 Å². The Morgan fingerprint density at radius 1 is 1.17 bits per heavy atom. The summed E-state index contributed by atoms with van der Waals surface area (Å²) in [7, 11) is 0. The fourth-order valence-corrected chi connectivity index (χ4v) is 1.82. The molecule has 2 aromatic heterocycles. The maximum absolute atomic E-state index is 12.1. The summed E-state index contributed by atoms with van der Waals surface area (Å²) in [5, 5.41) is 6.37. The molecule has 0 saturated heterocycles. The van der Waals surface area contributed by atoms with E-state index in [0.717, 1.165) is 0 Å². The molecule has 94 valence electrons. The molecule has 18 heavy (non-hydrogen) atoms. The summed E-state index contributed by atoms with van der Waals surface area (Å²) in [6, 6.07) is 1.65. The van der Waals surface area contributed by atoms with Crippen LogP contribution < -0.4 is 5.32 Å². The molecule has 0 radical (unpaired) electrons. The van der Waals surface area contributed by atoms with Crippen LogP contribution >= 0.6 is 0 Å². The first-order valence-electron chi connectivity index (χ1n) is 5.54. The Balaban J connectivity index is 2.29. The third-order valence-corrected chi connectivity index (χ3v) is 2.48. The van der Waals surface area contributed by atoms with Crippen LogP contribution in [0.15, 0.2) is 10.6 Å². The number of hydrogen-bond acceptors (Lipinski definition) is 5. The number of rotatable bonds is 2. The zero-order valence-corrected chi connectivity index (χ0v) is 10.7. The van der Waals surface area contributed by atoms with Gasteiger partial charge in [-0.25, -0.2) is 9.97 Å². The highest BCUT2D eigenvalue weighted by Crippen LogP contribution is 2.14. The Hall–Kier alpha value is -2.24. The minimum absolute atomic E-state index is 0.279. The van der Waals surface area contributed by atoms with Gasteiger partial charge in [0.05, 0.1) is 17.0 Å². The molecule has 0 bridgehead atoms. The predicted molar refractivity (Wildman–Crippen MR) is 65.4 cm³/mol. The molecule has 0 aliphatic carbocycles. The number of aryl methyl sites for hydroxylation is 4. The van der Waals surface area contributed by atoms with Crippen LogP contribution in [0, 0.1) is 27.7 Å². The van der Waals surface area contributed by atoms with E-state index in [-0.39, 0.29) is 5.91 Å². The fourth-order valence-electron chi connectivity index (χ4n) is 1.82. The quantitative estimate of drug-likeness (QED) is 0.875. The van der Waals surface area contributed by atoms with Gasteiger partial charge in [-0.1, -0.05) is 5.16 Å². The summed E-state index contributed by atoms with van der Waals surface area (Å²) < 4.78 is 4.88. The highest BCUT2D eigenvalue weighted by atomic mass is 16.5. The molecule has 0 atom stereocenters. The summed E-state index contributed by atoms with van der Waals surface area (Å²) in [5.41, 5.74) is 1.77. The second-order valence-electron chi connectivity index (χ2n) is 4.09. The van der Waals surface area contributed by atoms with Gasteiger partial charge in [0.15, 0.2) is 5.82 Å². The van der Waals surface area contributed by atoms with Crippen molar-refractivity contribution in [3.05, 3.63) is 34.6 Å². The largest absolute Gasteiger partial charge is 0.360 e. The number of nitrogens with one attached hydrogen (secondary N) is 1. The predicted octanol–water partition coefficient (Wildman–Crippen LogP) is 1.95. The molecule has 0 aromatic carbocycles. The topological polar surface area (TPSA) is 80.9 Å². The van der Waals surface area contributed by atoms with E-state index in [9.17, 15) is 4.79 Å². The molecule has 0 spiro atoms. The molecule has 2 rings (SSSR count). The Labute approximate surface area is 104 Å². The molecular formula is C12H14N4O2. The first-order chi connectivity index (χ1) is 8.47. The van der Waals surface area contributed by atoms with Crippen molar-refractivity contribution in [3.8, 4) is 0 Å². The lowest BCUT2D eigenvalue weighted by molar-refractivity contribution is 0.102. The van der Waals surface area contributed by atoms with Crippen molar-refractivity contribution in [2.45, 2.75) is 27.7 Å². The zero-order chi connectivity index (χ0) is 13.3. The molecule has 6 nitrogen and oxygen atoms in total. The first kappa shape index (κ1) is 12.2. The number of anilines is 1. The molecule has 1 amide bonds. The highest BCUT2D eigenvalue weighted by Gasteiger charge is 2.16. The molecular weight excluding hydrogens is 232 g/mol. The molecule has 6 heteroatoms. The third-order valence-electron chi connectivity index (χ3n) is 2.48. The van der Waals surface area contributed by atoms with Crippen LogP contribution in [0.2, 0.25) is 0 Å². The Morgan fingerprint density at radius 3 is 2.28 bits per heavy atom. The first-order valence-corrected chi connectivity index (χ1v) is 5.54. The van der Waals surface area contributed by atoms with Gasteiger partial charge < -0.3 is 9.84 Å². The van der Waals surface area contributed by atoms with Crippen LogP contribution in [-0.4, -0.2) is 21.0 Å². The molecule has 1 N–H and O–H groups in total. The van der Waals surface area contributed by atoms with Gasteiger partial charge in [0.1, 0.15) is 11.6 Å². The Kier molecular flexibility index (Phi) is 3.10. The van der Waals surface area contributed by atoms with E-state index in [0.29, 0.717) is 34.4 Å². The number of nitrogens with zero attached hydrogens (tertiary/aromatic N) is 3. The van der Waals surface area contributed by atoms with Gasteiger partial charge in [0.25, 0.3) is 5.91 Å². The third kappa shape index (κ3) is 2.37. The second kappa shape index (κ2) is 4.56. The monoisotopic (exact) mass is 246 g/mol. The molecule has 0 aliphatic rings. The van der Waals surface area contributed by atoms with Gasteiger partial charge in [0.2, 0.25) is 0 Å². The van der Waals surface area contributed by atoms with Gasteiger partial charge in [0, 0.05) is 6.07 Å². The molecule has 0 aliphatic heterocycles. The van der Waals surface area contributed by atoms with Gasteiger partial charge in [-0.3, -0.25) is 4.79 Å². The van der Waals surface area contributed by atoms with Gasteiger partial charge >= 0.3 is 0 Å². The van der Waals surface area contributed by atoms with Crippen LogP contribution in [0.5, 0.6) is 0 Å². The van der Waals surface area contributed by atoms with Gasteiger partial charge in [-0.15, -0.1) is 0 Å². The van der Waals surface area contributed by atoms with Crippen molar-refractivity contribution in [3.63, 3.8) is 0 Å². The van der Waals surface area contributed by atoms with Crippen molar-refractivity contribution in [1.29, 1.82) is 0 Å². The Morgan fingerprint density at radius 2 is 1.78 bits per heavy atom. The number of aromatic nitrogens is 3. The van der Waals surface area contributed by atoms with Gasteiger partial charge in [-0.2, -0.15) is 0 Å². The van der Waals surface area contributed by atoms with Crippen LogP contribution in [0.1, 0.15) is 33.3 Å². The number of hydrogen-bond donors (Lipinski definition) is 1. The average molecular weight is 246 g/mol. The van der Waals surface area contributed by atoms with E-state index in [1.165, 1.54) is 0 Å². The highest BCUT2D eigenvalue weighted by molar-refractivity contribution is 6.05. The zero-order valence-electron chi connectivity index (χ0n) is 10.7. The fraction of sp³-hybridized carbons (Fsp3) is 0.333. The molecule has 0 saturated carbocycles. The van der Waals surface area contributed by atoms with E-state index in [1.54, 1.807) is 33.8 Å². The second-order valence-corrected chi connectivity index (χ2v) is 4.09. The van der Waals surface area contributed by atoms with E-state index >= 15 is 0 Å². The van der Waals surface area contributed by atoms with Crippen molar-refractivity contribution in [1.82, 2.24) is 15.1 Å². The maximum Gasteiger partial charge on any atom is 0.260 e. The summed E-state index contributed by atoms with van der Waals surface area (Å²) in [6.45, 7) is 7.12. The normalized spacial score (nSPS) is 10.4. The van der Waals surface area contributed by atoms with Gasteiger partial charge in [-0.05, 0) is 27.7 Å². The number of carbonyl (C=O) groups excluding carboxylic acids is 1. The molecule has 0 fully saturated rings. The smallest absolute Gasteiger partial charge is 0.260 e. The van der Waals surface area contributed by atoms with E-state index < -0.39 is 0 Å². The van der Waals surface area contributed by atoms with Crippen LogP contribution in [0.3, 0.4) is 0 Å². The van der Waals surface area contributed by atoms with E-state index in [4.69, 9.17) is 4.52 Å². The maximum atomic E-state index is 12.1. The Bertz CT molecular complexity index is 581. The lowest BCUT2D eigenvalue weighted by Crippen LogP contribution is -2.17. The number of amides is 1. The molecule has 2 aromatic rings. The SMILES string of the molecule is Cc1nc(C)c(C(=O)Nc2cc(C)on2)c(C)n1. The van der Waals surface area contributed by atoms with Crippen molar-refractivity contribution < 1.29 is 9.32 Å². The summed E-state index contributed by atoms with van der Waals surface area (Å²) >= 11 is 0. The summed E-state index contributed by atoms with van der Waals surface area (Å²) in [4.78, 5) is 20.5. The van der Waals surface area contributed by atoms with Crippen molar-refractivity contribution >= 4 is 11.7 Å². The number of carbonyl (C=O) groups is 1. The van der Waals surface area contributed by atoms with Crippen molar-refractivity contribution in [2.24, 2.45) is 0 Å².